The lowest BCUT2D eigenvalue weighted by atomic mass is 9.94. The van der Waals surface area contributed by atoms with Crippen molar-refractivity contribution in [2.24, 2.45) is 0 Å². The van der Waals surface area contributed by atoms with E-state index < -0.39 is 5.60 Å². The van der Waals surface area contributed by atoms with Gasteiger partial charge < -0.3 is 15.2 Å². The maximum Gasteiger partial charge on any atom is 0.253 e. The maximum atomic E-state index is 11.7. The molecule has 0 atom stereocenters. The summed E-state index contributed by atoms with van der Waals surface area (Å²) in [4.78, 5) is 11.7. The zero-order valence-corrected chi connectivity index (χ0v) is 9.43. The molecule has 1 aromatic heterocycles. The van der Waals surface area contributed by atoms with Crippen molar-refractivity contribution >= 4 is 5.91 Å². The van der Waals surface area contributed by atoms with E-state index in [0.29, 0.717) is 31.6 Å². The average molecular weight is 237 g/mol. The molecule has 2 heterocycles. The van der Waals surface area contributed by atoms with Crippen LogP contribution >= 0.6 is 0 Å². The topological polar surface area (TPSA) is 84.3 Å². The van der Waals surface area contributed by atoms with E-state index in [4.69, 9.17) is 4.74 Å². The molecule has 17 heavy (non-hydrogen) atoms. The third kappa shape index (κ3) is 3.21. The van der Waals surface area contributed by atoms with Crippen LogP contribution in [0.2, 0.25) is 0 Å². The SMILES string of the molecule is O=C(NCC1(O)CCOCC1)c1ccnnc1. The van der Waals surface area contributed by atoms with E-state index in [-0.39, 0.29) is 12.5 Å². The molecule has 1 aromatic rings. The van der Waals surface area contributed by atoms with E-state index in [9.17, 15) is 9.90 Å². The predicted molar refractivity (Wildman–Crippen MR) is 59.4 cm³/mol. The van der Waals surface area contributed by atoms with Crippen LogP contribution in [0.3, 0.4) is 0 Å². The number of nitrogens with zero attached hydrogens (tertiary/aromatic N) is 2. The largest absolute Gasteiger partial charge is 0.388 e. The first-order valence-electron chi connectivity index (χ1n) is 5.55. The van der Waals surface area contributed by atoms with Crippen LogP contribution in [0.1, 0.15) is 23.2 Å². The number of aromatic nitrogens is 2. The summed E-state index contributed by atoms with van der Waals surface area (Å²) in [7, 11) is 0. The molecule has 92 valence electrons. The zero-order chi connectivity index (χ0) is 12.1. The number of carbonyl (C=O) groups is 1. The number of hydrogen-bond acceptors (Lipinski definition) is 5. The summed E-state index contributed by atoms with van der Waals surface area (Å²) >= 11 is 0. The van der Waals surface area contributed by atoms with Gasteiger partial charge in [0, 0.05) is 32.6 Å². The molecule has 6 nitrogen and oxygen atoms in total. The van der Waals surface area contributed by atoms with Gasteiger partial charge in [-0.2, -0.15) is 10.2 Å². The molecule has 1 aliphatic heterocycles. The van der Waals surface area contributed by atoms with Crippen molar-refractivity contribution in [2.75, 3.05) is 19.8 Å². The normalized spacial score (nSPS) is 18.6. The van der Waals surface area contributed by atoms with Crippen LogP contribution in [0.25, 0.3) is 0 Å². The van der Waals surface area contributed by atoms with Gasteiger partial charge in [-0.3, -0.25) is 4.79 Å². The Balaban J connectivity index is 1.87. The van der Waals surface area contributed by atoms with Crippen LogP contribution < -0.4 is 5.32 Å². The second kappa shape index (κ2) is 5.20. The molecule has 0 saturated carbocycles. The standard InChI is InChI=1S/C11H15N3O3/c15-10(9-1-4-13-14-7-9)12-8-11(16)2-5-17-6-3-11/h1,4,7,16H,2-3,5-6,8H2,(H,12,15). The van der Waals surface area contributed by atoms with Crippen LogP contribution in [0.15, 0.2) is 18.5 Å². The quantitative estimate of drug-likeness (QED) is 0.757. The number of nitrogens with one attached hydrogen (secondary N) is 1. The van der Waals surface area contributed by atoms with E-state index in [0.717, 1.165) is 0 Å². The molecule has 1 saturated heterocycles. The molecule has 2 rings (SSSR count). The van der Waals surface area contributed by atoms with Gasteiger partial charge in [-0.05, 0) is 6.07 Å². The minimum Gasteiger partial charge on any atom is -0.388 e. The molecule has 0 bridgehead atoms. The maximum absolute atomic E-state index is 11.7. The molecule has 0 unspecified atom stereocenters. The third-order valence-electron chi connectivity index (χ3n) is 2.85. The van der Waals surface area contributed by atoms with E-state index in [1.54, 1.807) is 6.07 Å². The lowest BCUT2D eigenvalue weighted by molar-refractivity contribution is -0.0605. The Morgan fingerprint density at radius 1 is 1.47 bits per heavy atom. The van der Waals surface area contributed by atoms with Crippen molar-refractivity contribution in [3.63, 3.8) is 0 Å². The molecule has 1 aliphatic rings. The molecule has 2 N–H and O–H groups in total. The highest BCUT2D eigenvalue weighted by atomic mass is 16.5. The van der Waals surface area contributed by atoms with E-state index in [1.165, 1.54) is 12.4 Å². The number of ether oxygens (including phenoxy) is 1. The number of hydrogen-bond donors (Lipinski definition) is 2. The predicted octanol–water partition coefficient (Wildman–Crippen LogP) is -0.252. The van der Waals surface area contributed by atoms with Gasteiger partial charge in [0.2, 0.25) is 0 Å². The van der Waals surface area contributed by atoms with Crippen LogP contribution in [-0.4, -0.2) is 46.6 Å². The highest BCUT2D eigenvalue weighted by Crippen LogP contribution is 2.19. The van der Waals surface area contributed by atoms with Gasteiger partial charge in [-0.15, -0.1) is 0 Å². The molecular weight excluding hydrogens is 222 g/mol. The van der Waals surface area contributed by atoms with Gasteiger partial charge >= 0.3 is 0 Å². The van der Waals surface area contributed by atoms with Gasteiger partial charge in [0.25, 0.3) is 5.91 Å². The highest BCUT2D eigenvalue weighted by molar-refractivity contribution is 5.93. The molecule has 0 spiro atoms. The first kappa shape index (κ1) is 11.9. The molecule has 0 aliphatic carbocycles. The Bertz CT molecular complexity index is 377. The molecule has 0 aromatic carbocycles. The van der Waals surface area contributed by atoms with E-state index >= 15 is 0 Å². The Kier molecular flexibility index (Phi) is 3.65. The molecular formula is C11H15N3O3. The van der Waals surface area contributed by atoms with E-state index in [1.807, 2.05) is 0 Å². The lowest BCUT2D eigenvalue weighted by Gasteiger charge is -2.32. The second-order valence-electron chi connectivity index (χ2n) is 4.15. The van der Waals surface area contributed by atoms with Gasteiger partial charge in [0.05, 0.1) is 23.6 Å². The molecule has 6 heteroatoms. The monoisotopic (exact) mass is 237 g/mol. The van der Waals surface area contributed by atoms with Gasteiger partial charge in [0.15, 0.2) is 0 Å². The van der Waals surface area contributed by atoms with Crippen LogP contribution in [-0.2, 0) is 4.74 Å². The van der Waals surface area contributed by atoms with Crippen molar-refractivity contribution in [2.45, 2.75) is 18.4 Å². The summed E-state index contributed by atoms with van der Waals surface area (Å²) in [5.74, 6) is -0.250. The van der Waals surface area contributed by atoms with Crippen LogP contribution in [0, 0.1) is 0 Å². The Morgan fingerprint density at radius 3 is 2.88 bits per heavy atom. The van der Waals surface area contributed by atoms with Gasteiger partial charge in [-0.25, -0.2) is 0 Å². The first-order chi connectivity index (χ1) is 8.20. The van der Waals surface area contributed by atoms with Gasteiger partial charge in [-0.1, -0.05) is 0 Å². The molecule has 1 amide bonds. The number of amides is 1. The minimum absolute atomic E-state index is 0.234. The van der Waals surface area contributed by atoms with E-state index in [2.05, 4.69) is 15.5 Å². The summed E-state index contributed by atoms with van der Waals surface area (Å²) in [6.07, 6.45) is 3.94. The summed E-state index contributed by atoms with van der Waals surface area (Å²) in [5.41, 5.74) is -0.412. The van der Waals surface area contributed by atoms with Gasteiger partial charge in [0.1, 0.15) is 0 Å². The van der Waals surface area contributed by atoms with Crippen LogP contribution in [0.5, 0.6) is 0 Å². The molecule has 1 fully saturated rings. The third-order valence-corrected chi connectivity index (χ3v) is 2.85. The number of aliphatic hydroxyl groups is 1. The summed E-state index contributed by atoms with van der Waals surface area (Å²) in [6.45, 7) is 1.30. The fourth-order valence-corrected chi connectivity index (χ4v) is 1.70. The summed E-state index contributed by atoms with van der Waals surface area (Å²) < 4.78 is 5.17. The summed E-state index contributed by atoms with van der Waals surface area (Å²) in [5, 5.41) is 20.1. The number of rotatable bonds is 3. The average Bonchev–Trinajstić information content (AvgIpc) is 2.38. The van der Waals surface area contributed by atoms with Crippen molar-refractivity contribution in [3.8, 4) is 0 Å². The fraction of sp³-hybridized carbons (Fsp3) is 0.545. The smallest absolute Gasteiger partial charge is 0.253 e. The van der Waals surface area contributed by atoms with Crippen molar-refractivity contribution in [3.05, 3.63) is 24.0 Å². The van der Waals surface area contributed by atoms with Crippen molar-refractivity contribution in [1.82, 2.24) is 15.5 Å². The fourth-order valence-electron chi connectivity index (χ4n) is 1.70. The van der Waals surface area contributed by atoms with Crippen LogP contribution in [0.4, 0.5) is 0 Å². The lowest BCUT2D eigenvalue weighted by Crippen LogP contribution is -2.46. The highest BCUT2D eigenvalue weighted by Gasteiger charge is 2.30. The second-order valence-corrected chi connectivity index (χ2v) is 4.15. The van der Waals surface area contributed by atoms with Crippen molar-refractivity contribution in [1.29, 1.82) is 0 Å². The summed E-state index contributed by atoms with van der Waals surface area (Å²) in [6, 6.07) is 1.58. The Hall–Kier alpha value is -1.53. The zero-order valence-electron chi connectivity index (χ0n) is 9.43. The molecule has 0 radical (unpaired) electrons. The Labute approximate surface area is 99.0 Å². The van der Waals surface area contributed by atoms with Crippen molar-refractivity contribution < 1.29 is 14.6 Å². The number of carbonyl (C=O) groups excluding carboxylic acids is 1. The Morgan fingerprint density at radius 2 is 2.24 bits per heavy atom. The first-order valence-corrected chi connectivity index (χ1v) is 5.55. The minimum atomic E-state index is -0.853.